The number of ether oxygens (including phenoxy) is 1. The highest BCUT2D eigenvalue weighted by molar-refractivity contribution is 5.94. The number of methoxy groups -OCH3 is 1. The number of benzene rings is 2. The lowest BCUT2D eigenvalue weighted by molar-refractivity contribution is 0.0932. The second-order valence-electron chi connectivity index (χ2n) is 7.28. The Morgan fingerprint density at radius 3 is 2.79 bits per heavy atom. The van der Waals surface area contributed by atoms with E-state index < -0.39 is 0 Å². The number of nitrogens with one attached hydrogen (secondary N) is 1. The number of rotatable bonds is 5. The van der Waals surface area contributed by atoms with Crippen molar-refractivity contribution in [3.63, 3.8) is 0 Å². The highest BCUT2D eigenvalue weighted by atomic mass is 16.5. The van der Waals surface area contributed by atoms with Crippen LogP contribution in [0.25, 0.3) is 0 Å². The van der Waals surface area contributed by atoms with Gasteiger partial charge in [0.25, 0.3) is 5.91 Å². The number of nitrogens with zero attached hydrogens (tertiary/aromatic N) is 2. The van der Waals surface area contributed by atoms with Crippen molar-refractivity contribution in [2.45, 2.75) is 38.8 Å². The number of aryl methyl sites for hydroxylation is 2. The minimum absolute atomic E-state index is 0.0287. The Bertz CT molecular complexity index is 976. The first-order chi connectivity index (χ1) is 13.6. The van der Waals surface area contributed by atoms with Crippen LogP contribution in [0.15, 0.2) is 54.9 Å². The molecule has 4 rings (SSSR count). The normalized spacial score (nSPS) is 15.7. The number of amides is 1. The van der Waals surface area contributed by atoms with Crippen LogP contribution in [-0.4, -0.2) is 22.6 Å². The number of fused-ring (bicyclic) bond motifs is 1. The van der Waals surface area contributed by atoms with Gasteiger partial charge in [-0.25, -0.2) is 4.98 Å². The van der Waals surface area contributed by atoms with Crippen LogP contribution >= 0.6 is 0 Å². The van der Waals surface area contributed by atoms with E-state index in [1.54, 1.807) is 13.3 Å². The molecule has 0 bridgehead atoms. The number of carbonyl (C=O) groups is 1. The van der Waals surface area contributed by atoms with Crippen molar-refractivity contribution in [3.8, 4) is 5.75 Å². The van der Waals surface area contributed by atoms with Gasteiger partial charge in [0.2, 0.25) is 0 Å². The van der Waals surface area contributed by atoms with Crippen LogP contribution in [0.5, 0.6) is 5.75 Å². The first kappa shape index (κ1) is 18.3. The summed E-state index contributed by atoms with van der Waals surface area (Å²) in [4.78, 5) is 17.0. The molecule has 1 aliphatic carbocycles. The SMILES string of the molecule is COc1ccc2c(c1)CCC[C@H]2NC(=O)c1ccc(Cn2ccnc2C)cc1. The van der Waals surface area contributed by atoms with Crippen LogP contribution < -0.4 is 10.1 Å². The average molecular weight is 375 g/mol. The van der Waals surface area contributed by atoms with Gasteiger partial charge in [-0.2, -0.15) is 0 Å². The molecule has 0 spiro atoms. The highest BCUT2D eigenvalue weighted by Gasteiger charge is 2.22. The largest absolute Gasteiger partial charge is 0.497 e. The van der Waals surface area contributed by atoms with Crippen LogP contribution in [0.4, 0.5) is 0 Å². The number of aromatic nitrogens is 2. The van der Waals surface area contributed by atoms with Crippen LogP contribution in [0.3, 0.4) is 0 Å². The minimum Gasteiger partial charge on any atom is -0.497 e. The molecule has 0 saturated carbocycles. The highest BCUT2D eigenvalue weighted by Crippen LogP contribution is 2.32. The van der Waals surface area contributed by atoms with Gasteiger partial charge in [0.05, 0.1) is 13.2 Å². The van der Waals surface area contributed by atoms with Gasteiger partial charge in [0.1, 0.15) is 11.6 Å². The van der Waals surface area contributed by atoms with Gasteiger partial charge in [-0.3, -0.25) is 4.79 Å². The van der Waals surface area contributed by atoms with E-state index in [0.717, 1.165) is 42.9 Å². The molecule has 0 unspecified atom stereocenters. The molecule has 1 amide bonds. The summed E-state index contributed by atoms with van der Waals surface area (Å²) in [6, 6.07) is 14.0. The van der Waals surface area contributed by atoms with Gasteiger partial charge < -0.3 is 14.6 Å². The molecular weight excluding hydrogens is 350 g/mol. The molecule has 3 aromatic rings. The van der Waals surface area contributed by atoms with E-state index in [4.69, 9.17) is 4.74 Å². The van der Waals surface area contributed by atoms with Gasteiger partial charge in [0, 0.05) is 24.5 Å². The van der Waals surface area contributed by atoms with E-state index in [1.807, 2.05) is 43.5 Å². The Morgan fingerprint density at radius 2 is 2.07 bits per heavy atom. The van der Waals surface area contributed by atoms with Crippen molar-refractivity contribution < 1.29 is 9.53 Å². The van der Waals surface area contributed by atoms with Gasteiger partial charge in [-0.15, -0.1) is 0 Å². The van der Waals surface area contributed by atoms with E-state index >= 15 is 0 Å². The first-order valence-corrected chi connectivity index (χ1v) is 9.68. The molecule has 1 atom stereocenters. The maximum absolute atomic E-state index is 12.8. The summed E-state index contributed by atoms with van der Waals surface area (Å²) >= 11 is 0. The summed E-state index contributed by atoms with van der Waals surface area (Å²) in [5, 5.41) is 3.21. The fourth-order valence-corrected chi connectivity index (χ4v) is 3.84. The van der Waals surface area contributed by atoms with Crippen molar-refractivity contribution in [2.75, 3.05) is 7.11 Å². The predicted octanol–water partition coefficient (Wildman–Crippen LogP) is 4.06. The molecule has 0 aliphatic heterocycles. The van der Waals surface area contributed by atoms with E-state index in [1.165, 1.54) is 11.1 Å². The van der Waals surface area contributed by atoms with Gasteiger partial charge in [-0.05, 0) is 67.1 Å². The second kappa shape index (κ2) is 7.89. The first-order valence-electron chi connectivity index (χ1n) is 9.68. The van der Waals surface area contributed by atoms with E-state index in [2.05, 4.69) is 27.0 Å². The zero-order valence-corrected chi connectivity index (χ0v) is 16.3. The molecule has 0 radical (unpaired) electrons. The van der Waals surface area contributed by atoms with Gasteiger partial charge in [0.15, 0.2) is 0 Å². The summed E-state index contributed by atoms with van der Waals surface area (Å²) < 4.78 is 7.41. The molecule has 0 saturated heterocycles. The smallest absolute Gasteiger partial charge is 0.251 e. The molecule has 1 N–H and O–H groups in total. The lowest BCUT2D eigenvalue weighted by Crippen LogP contribution is -2.31. The molecular formula is C23H25N3O2. The lowest BCUT2D eigenvalue weighted by Gasteiger charge is -2.27. The monoisotopic (exact) mass is 375 g/mol. The van der Waals surface area contributed by atoms with Crippen molar-refractivity contribution in [2.24, 2.45) is 0 Å². The fourth-order valence-electron chi connectivity index (χ4n) is 3.84. The Labute approximate surface area is 165 Å². The molecule has 2 aromatic carbocycles. The van der Waals surface area contributed by atoms with E-state index in [9.17, 15) is 4.79 Å². The average Bonchev–Trinajstić information content (AvgIpc) is 3.12. The zero-order valence-electron chi connectivity index (χ0n) is 16.3. The number of carbonyl (C=O) groups excluding carboxylic acids is 1. The Balaban J connectivity index is 1.45. The number of hydrogen-bond acceptors (Lipinski definition) is 3. The van der Waals surface area contributed by atoms with Crippen molar-refractivity contribution in [1.82, 2.24) is 14.9 Å². The predicted molar refractivity (Wildman–Crippen MR) is 109 cm³/mol. The standard InChI is InChI=1S/C23H25N3O2/c1-16-24-12-13-26(16)15-17-6-8-18(9-7-17)23(27)25-22-5-3-4-19-14-20(28-2)10-11-21(19)22/h6-14,22H,3-5,15H2,1-2H3,(H,25,27)/t22-/m1/s1. The fraction of sp³-hybridized carbons (Fsp3) is 0.304. The van der Waals surface area contributed by atoms with Crippen LogP contribution in [0.2, 0.25) is 0 Å². The molecule has 28 heavy (non-hydrogen) atoms. The quantitative estimate of drug-likeness (QED) is 0.732. The van der Waals surface area contributed by atoms with E-state index in [-0.39, 0.29) is 11.9 Å². The third kappa shape index (κ3) is 3.79. The molecule has 5 heteroatoms. The summed E-state index contributed by atoms with van der Waals surface area (Å²) in [5.41, 5.74) is 4.30. The molecule has 144 valence electrons. The van der Waals surface area contributed by atoms with Gasteiger partial charge >= 0.3 is 0 Å². The third-order valence-electron chi connectivity index (χ3n) is 5.46. The van der Waals surface area contributed by atoms with Crippen LogP contribution in [-0.2, 0) is 13.0 Å². The molecule has 5 nitrogen and oxygen atoms in total. The topological polar surface area (TPSA) is 56.1 Å². The summed E-state index contributed by atoms with van der Waals surface area (Å²) in [6.45, 7) is 2.74. The summed E-state index contributed by atoms with van der Waals surface area (Å²) in [6.07, 6.45) is 6.82. The Hall–Kier alpha value is -3.08. The Kier molecular flexibility index (Phi) is 5.15. The number of hydrogen-bond donors (Lipinski definition) is 1. The minimum atomic E-state index is -0.0287. The third-order valence-corrected chi connectivity index (χ3v) is 5.46. The Morgan fingerprint density at radius 1 is 1.25 bits per heavy atom. The molecule has 1 aromatic heterocycles. The zero-order chi connectivity index (χ0) is 19.5. The van der Waals surface area contributed by atoms with E-state index in [0.29, 0.717) is 5.56 Å². The maximum Gasteiger partial charge on any atom is 0.251 e. The molecule has 1 heterocycles. The summed E-state index contributed by atoms with van der Waals surface area (Å²) in [7, 11) is 1.68. The lowest BCUT2D eigenvalue weighted by atomic mass is 9.87. The van der Waals surface area contributed by atoms with Crippen LogP contribution in [0.1, 0.15) is 51.8 Å². The summed E-state index contributed by atoms with van der Waals surface area (Å²) in [5.74, 6) is 1.82. The van der Waals surface area contributed by atoms with Gasteiger partial charge in [-0.1, -0.05) is 18.2 Å². The van der Waals surface area contributed by atoms with Crippen molar-refractivity contribution in [1.29, 1.82) is 0 Å². The van der Waals surface area contributed by atoms with Crippen molar-refractivity contribution >= 4 is 5.91 Å². The maximum atomic E-state index is 12.8. The van der Waals surface area contributed by atoms with Crippen molar-refractivity contribution in [3.05, 3.63) is 82.9 Å². The number of imidazole rings is 1. The molecule has 0 fully saturated rings. The second-order valence-corrected chi connectivity index (χ2v) is 7.28. The van der Waals surface area contributed by atoms with Crippen LogP contribution in [0, 0.1) is 6.92 Å². The molecule has 1 aliphatic rings.